The van der Waals surface area contributed by atoms with E-state index in [1.807, 2.05) is 12.1 Å². The van der Waals surface area contributed by atoms with Crippen molar-refractivity contribution in [1.82, 2.24) is 15.6 Å². The molecule has 0 bridgehead atoms. The maximum absolute atomic E-state index is 12.2. The van der Waals surface area contributed by atoms with E-state index in [9.17, 15) is 9.59 Å². The van der Waals surface area contributed by atoms with Crippen LogP contribution in [0, 0.1) is 0 Å². The number of aromatic nitrogens is 1. The van der Waals surface area contributed by atoms with Crippen LogP contribution in [0.5, 0.6) is 0 Å². The molecule has 1 fully saturated rings. The van der Waals surface area contributed by atoms with Crippen LogP contribution in [0.3, 0.4) is 0 Å². The van der Waals surface area contributed by atoms with Crippen molar-refractivity contribution in [1.29, 1.82) is 0 Å². The van der Waals surface area contributed by atoms with Crippen LogP contribution in [-0.4, -0.2) is 23.6 Å². The first-order chi connectivity index (χ1) is 12.0. The molecule has 134 valence electrons. The van der Waals surface area contributed by atoms with Crippen LogP contribution in [0.25, 0.3) is 10.9 Å². The molecule has 0 saturated heterocycles. The normalized spacial score (nSPS) is 15.0. The van der Waals surface area contributed by atoms with Gasteiger partial charge in [0.05, 0.1) is 0 Å². The molecule has 1 aromatic carbocycles. The number of hydrogen-bond donors (Lipinski definition) is 3. The Kier molecular flexibility index (Phi) is 5.41. The summed E-state index contributed by atoms with van der Waals surface area (Å²) in [4.78, 5) is 27.1. The molecule has 2 amide bonds. The molecule has 2 aromatic rings. The maximum Gasteiger partial charge on any atom is 0.315 e. The lowest BCUT2D eigenvalue weighted by molar-refractivity contribution is 0.237. The van der Waals surface area contributed by atoms with Gasteiger partial charge in [-0.3, -0.25) is 4.79 Å². The summed E-state index contributed by atoms with van der Waals surface area (Å²) in [5, 5.41) is 6.89. The molecule has 5 nitrogen and oxygen atoms in total. The molecule has 3 rings (SSSR count). The number of amides is 2. The molecule has 0 aliphatic heterocycles. The number of pyridine rings is 1. The SMILES string of the molecule is CC(C)c1ccc2[nH]c(=O)c(CCNC(=O)NC3CCCC3)cc2c1. The van der Waals surface area contributed by atoms with Gasteiger partial charge in [-0.15, -0.1) is 0 Å². The Morgan fingerprint density at radius 2 is 2.00 bits per heavy atom. The number of carbonyl (C=O) groups excluding carboxylic acids is 1. The molecule has 0 spiro atoms. The first-order valence-corrected chi connectivity index (χ1v) is 9.23. The number of hydrogen-bond acceptors (Lipinski definition) is 2. The third kappa shape index (κ3) is 4.41. The Morgan fingerprint density at radius 3 is 2.72 bits per heavy atom. The van der Waals surface area contributed by atoms with Crippen LogP contribution in [0.15, 0.2) is 29.1 Å². The average Bonchev–Trinajstić information content (AvgIpc) is 3.07. The lowest BCUT2D eigenvalue weighted by Gasteiger charge is -2.13. The summed E-state index contributed by atoms with van der Waals surface area (Å²) < 4.78 is 0. The molecule has 1 aliphatic rings. The summed E-state index contributed by atoms with van der Waals surface area (Å²) in [5.41, 5.74) is 2.72. The van der Waals surface area contributed by atoms with Crippen molar-refractivity contribution in [3.63, 3.8) is 0 Å². The van der Waals surface area contributed by atoms with Gasteiger partial charge in [-0.1, -0.05) is 32.8 Å². The third-order valence-corrected chi connectivity index (χ3v) is 4.98. The highest BCUT2D eigenvalue weighted by molar-refractivity contribution is 5.80. The van der Waals surface area contributed by atoms with Gasteiger partial charge < -0.3 is 15.6 Å². The van der Waals surface area contributed by atoms with E-state index in [0.29, 0.717) is 30.5 Å². The zero-order valence-electron chi connectivity index (χ0n) is 15.0. The predicted octanol–water partition coefficient (Wildman–Crippen LogP) is 3.44. The second kappa shape index (κ2) is 7.72. The highest BCUT2D eigenvalue weighted by atomic mass is 16.2. The van der Waals surface area contributed by atoms with Crippen LogP contribution in [-0.2, 0) is 6.42 Å². The molecule has 5 heteroatoms. The number of urea groups is 1. The van der Waals surface area contributed by atoms with Crippen molar-refractivity contribution < 1.29 is 4.79 Å². The van der Waals surface area contributed by atoms with Crippen LogP contribution in [0.4, 0.5) is 4.79 Å². The molecule has 1 aromatic heterocycles. The maximum atomic E-state index is 12.2. The quantitative estimate of drug-likeness (QED) is 0.779. The van der Waals surface area contributed by atoms with Gasteiger partial charge in [0.1, 0.15) is 0 Å². The summed E-state index contributed by atoms with van der Waals surface area (Å²) >= 11 is 0. The fourth-order valence-electron chi connectivity index (χ4n) is 3.43. The molecular weight excluding hydrogens is 314 g/mol. The van der Waals surface area contributed by atoms with E-state index in [2.05, 4.69) is 41.6 Å². The largest absolute Gasteiger partial charge is 0.338 e. The molecule has 0 radical (unpaired) electrons. The monoisotopic (exact) mass is 341 g/mol. The fraction of sp³-hybridized carbons (Fsp3) is 0.500. The molecule has 1 heterocycles. The number of aromatic amines is 1. The Labute approximate surface area is 148 Å². The topological polar surface area (TPSA) is 74.0 Å². The highest BCUT2D eigenvalue weighted by Crippen LogP contribution is 2.20. The van der Waals surface area contributed by atoms with Gasteiger partial charge in [0.2, 0.25) is 0 Å². The summed E-state index contributed by atoms with van der Waals surface area (Å²) in [6.07, 6.45) is 5.03. The minimum absolute atomic E-state index is 0.0807. The van der Waals surface area contributed by atoms with Gasteiger partial charge in [0.25, 0.3) is 5.56 Å². The lowest BCUT2D eigenvalue weighted by Crippen LogP contribution is -2.41. The van der Waals surface area contributed by atoms with Crippen molar-refractivity contribution in [2.24, 2.45) is 0 Å². The van der Waals surface area contributed by atoms with Gasteiger partial charge in [-0.05, 0) is 54.3 Å². The fourth-order valence-corrected chi connectivity index (χ4v) is 3.43. The lowest BCUT2D eigenvalue weighted by atomic mass is 10.0. The predicted molar refractivity (Wildman–Crippen MR) is 101 cm³/mol. The van der Waals surface area contributed by atoms with Gasteiger partial charge in [-0.25, -0.2) is 4.79 Å². The molecule has 3 N–H and O–H groups in total. The number of rotatable bonds is 5. The third-order valence-electron chi connectivity index (χ3n) is 4.98. The van der Waals surface area contributed by atoms with Crippen LogP contribution >= 0.6 is 0 Å². The smallest absolute Gasteiger partial charge is 0.315 e. The second-order valence-electron chi connectivity index (χ2n) is 7.26. The number of H-pyrrole nitrogens is 1. The summed E-state index contributed by atoms with van der Waals surface area (Å²) in [7, 11) is 0. The van der Waals surface area contributed by atoms with Crippen molar-refractivity contribution in [3.05, 3.63) is 45.7 Å². The van der Waals surface area contributed by atoms with Gasteiger partial charge in [0, 0.05) is 23.7 Å². The van der Waals surface area contributed by atoms with Gasteiger partial charge >= 0.3 is 6.03 Å². The van der Waals surface area contributed by atoms with E-state index in [-0.39, 0.29) is 11.6 Å². The average molecular weight is 341 g/mol. The van der Waals surface area contributed by atoms with Gasteiger partial charge in [0.15, 0.2) is 0 Å². The van der Waals surface area contributed by atoms with Gasteiger partial charge in [-0.2, -0.15) is 0 Å². The molecule has 0 atom stereocenters. The van der Waals surface area contributed by atoms with Crippen LogP contribution in [0.2, 0.25) is 0 Å². The number of nitrogens with one attached hydrogen (secondary N) is 3. The molecule has 1 saturated carbocycles. The van der Waals surface area contributed by atoms with Crippen LogP contribution < -0.4 is 16.2 Å². The second-order valence-corrected chi connectivity index (χ2v) is 7.26. The highest BCUT2D eigenvalue weighted by Gasteiger charge is 2.16. The first kappa shape index (κ1) is 17.5. The van der Waals surface area contributed by atoms with Crippen LogP contribution in [0.1, 0.15) is 56.6 Å². The Hall–Kier alpha value is -2.30. The molecule has 1 aliphatic carbocycles. The minimum atomic E-state index is -0.133. The Morgan fingerprint density at radius 1 is 1.24 bits per heavy atom. The summed E-state index contributed by atoms with van der Waals surface area (Å²) in [5.74, 6) is 0.445. The summed E-state index contributed by atoms with van der Waals surface area (Å²) in [6.45, 7) is 4.76. The van der Waals surface area contributed by atoms with E-state index in [1.165, 1.54) is 18.4 Å². The Bertz CT molecular complexity index is 804. The first-order valence-electron chi connectivity index (χ1n) is 9.23. The van der Waals surface area contributed by atoms with E-state index < -0.39 is 0 Å². The zero-order chi connectivity index (χ0) is 17.8. The van der Waals surface area contributed by atoms with Crippen molar-refractivity contribution in [2.45, 2.75) is 57.9 Å². The Balaban J connectivity index is 1.63. The summed E-state index contributed by atoms with van der Waals surface area (Å²) in [6, 6.07) is 8.25. The number of benzene rings is 1. The van der Waals surface area contributed by atoms with E-state index in [0.717, 1.165) is 23.7 Å². The molecule has 0 unspecified atom stereocenters. The molecule has 25 heavy (non-hydrogen) atoms. The van der Waals surface area contributed by atoms with E-state index in [4.69, 9.17) is 0 Å². The van der Waals surface area contributed by atoms with Crippen molar-refractivity contribution in [2.75, 3.05) is 6.54 Å². The number of fused-ring (bicyclic) bond motifs is 1. The standard InChI is InChI=1S/C20H27N3O2/c1-13(2)14-7-8-18-16(11-14)12-15(19(24)23-18)9-10-21-20(25)22-17-5-3-4-6-17/h7-8,11-13,17H,3-6,9-10H2,1-2H3,(H,23,24)(H2,21,22,25). The zero-order valence-corrected chi connectivity index (χ0v) is 15.0. The minimum Gasteiger partial charge on any atom is -0.338 e. The van der Waals surface area contributed by atoms with Crippen molar-refractivity contribution >= 4 is 16.9 Å². The van der Waals surface area contributed by atoms with E-state index in [1.54, 1.807) is 0 Å². The molecular formula is C20H27N3O2. The van der Waals surface area contributed by atoms with E-state index >= 15 is 0 Å². The number of carbonyl (C=O) groups is 1. The van der Waals surface area contributed by atoms with Crippen molar-refractivity contribution in [3.8, 4) is 0 Å².